The van der Waals surface area contributed by atoms with Crippen LogP contribution in [0.1, 0.15) is 48.5 Å². The van der Waals surface area contributed by atoms with Crippen LogP contribution >= 0.6 is 15.9 Å². The number of aliphatic hydroxyl groups excluding tert-OH is 1. The highest BCUT2D eigenvalue weighted by Gasteiger charge is 2.52. The molecule has 0 saturated carbocycles. The molecule has 0 unspecified atom stereocenters. The Morgan fingerprint density at radius 3 is 2.50 bits per heavy atom. The molecule has 1 heterocycles. The molecule has 210 valence electrons. The molecule has 7 nitrogen and oxygen atoms in total. The van der Waals surface area contributed by atoms with Crippen LogP contribution in [-0.2, 0) is 16.0 Å². The minimum absolute atomic E-state index is 0.0795. The second-order valence-corrected chi connectivity index (χ2v) is 10.6. The number of hydrogen-bond acceptors (Lipinski definition) is 6. The van der Waals surface area contributed by atoms with Gasteiger partial charge in [0, 0.05) is 36.0 Å². The van der Waals surface area contributed by atoms with Gasteiger partial charge in [-0.1, -0.05) is 64.5 Å². The maximum atomic E-state index is 13.8. The third-order valence-corrected chi connectivity index (χ3v) is 7.25. The quantitative estimate of drug-likeness (QED) is 0.118. The van der Waals surface area contributed by atoms with Gasteiger partial charge in [0.2, 0.25) is 5.90 Å². The van der Waals surface area contributed by atoms with Crippen LogP contribution < -0.4 is 15.6 Å². The van der Waals surface area contributed by atoms with E-state index in [-0.39, 0.29) is 12.5 Å². The first kappa shape index (κ1) is 29.5. The van der Waals surface area contributed by atoms with Crippen molar-refractivity contribution >= 4 is 27.7 Å². The molecule has 0 saturated heterocycles. The normalized spacial score (nSPS) is 18.1. The van der Waals surface area contributed by atoms with Crippen LogP contribution in [0.25, 0.3) is 0 Å². The molecule has 4 rings (SSSR count). The van der Waals surface area contributed by atoms with E-state index in [4.69, 9.17) is 19.6 Å². The number of ether oxygens (including phenoxy) is 2. The molecule has 0 fully saturated rings. The van der Waals surface area contributed by atoms with Crippen molar-refractivity contribution in [3.8, 4) is 5.75 Å². The van der Waals surface area contributed by atoms with Crippen LogP contribution in [0.3, 0.4) is 0 Å². The second-order valence-electron chi connectivity index (χ2n) is 9.66. The monoisotopic (exact) mass is 605 g/mol. The first-order chi connectivity index (χ1) is 19.6. The van der Waals surface area contributed by atoms with Gasteiger partial charge in [0.15, 0.2) is 11.6 Å². The van der Waals surface area contributed by atoms with Crippen molar-refractivity contribution in [2.24, 2.45) is 4.99 Å². The predicted molar refractivity (Wildman–Crippen MR) is 161 cm³/mol. The van der Waals surface area contributed by atoms with E-state index in [0.717, 1.165) is 34.9 Å². The fraction of sp³-hybridized carbons (Fsp3) is 0.312. The lowest BCUT2D eigenvalue weighted by atomic mass is 9.84. The third-order valence-electron chi connectivity index (χ3n) is 6.72. The summed E-state index contributed by atoms with van der Waals surface area (Å²) in [5.41, 5.74) is 7.64. The number of nitrogens with one attached hydrogen (secondary N) is 2. The maximum absolute atomic E-state index is 13.8. The van der Waals surface area contributed by atoms with Crippen LogP contribution in [0, 0.1) is 0 Å². The summed E-state index contributed by atoms with van der Waals surface area (Å²) in [5.74, 6) is 0.795. The minimum atomic E-state index is -1.24. The molecule has 1 aliphatic rings. The summed E-state index contributed by atoms with van der Waals surface area (Å²) in [6, 6.07) is 25.5. The van der Waals surface area contributed by atoms with E-state index in [2.05, 4.69) is 57.6 Å². The number of rotatable bonds is 15. The van der Waals surface area contributed by atoms with Crippen molar-refractivity contribution in [1.29, 1.82) is 0 Å². The number of unbranched alkanes of at least 4 members (excludes halogenated alkanes) is 1. The number of aliphatic imine (C=N–C) groups is 1. The Labute approximate surface area is 244 Å². The Kier molecular flexibility index (Phi) is 10.9. The Balaban J connectivity index is 1.49. The number of amides is 1. The fourth-order valence-electron chi connectivity index (χ4n) is 4.61. The molecule has 2 atom stereocenters. The van der Waals surface area contributed by atoms with E-state index < -0.39 is 11.6 Å². The number of nitrogens with zero attached hydrogens (tertiary/aromatic N) is 1. The number of aryl methyl sites for hydroxylation is 1. The molecule has 3 N–H and O–H groups in total. The van der Waals surface area contributed by atoms with Crippen LogP contribution in [-0.4, -0.2) is 42.2 Å². The van der Waals surface area contributed by atoms with Crippen molar-refractivity contribution in [2.45, 2.75) is 43.7 Å². The van der Waals surface area contributed by atoms with Gasteiger partial charge in [-0.25, -0.2) is 10.4 Å². The smallest absolute Gasteiger partial charge is 0.266 e. The van der Waals surface area contributed by atoms with E-state index in [0.29, 0.717) is 37.6 Å². The lowest BCUT2D eigenvalue weighted by Crippen LogP contribution is -2.52. The molecule has 40 heavy (non-hydrogen) atoms. The summed E-state index contributed by atoms with van der Waals surface area (Å²) in [4.78, 5) is 18.7. The fourth-order valence-corrected chi connectivity index (χ4v) is 4.88. The molecule has 0 spiro atoms. The first-order valence-electron chi connectivity index (χ1n) is 13.6. The number of carbonyl (C=O) groups is 1. The van der Waals surface area contributed by atoms with Gasteiger partial charge in [0.1, 0.15) is 5.75 Å². The topological polar surface area (TPSA) is 92.2 Å². The largest absolute Gasteiger partial charge is 0.494 e. The lowest BCUT2D eigenvalue weighted by molar-refractivity contribution is -0.129. The summed E-state index contributed by atoms with van der Waals surface area (Å²) in [6.45, 7) is 5.07. The summed E-state index contributed by atoms with van der Waals surface area (Å²) in [5, 5.41) is 8.98. The summed E-state index contributed by atoms with van der Waals surface area (Å²) < 4.78 is 13.0. The molecule has 0 aromatic heterocycles. The number of hydrogen-bond donors (Lipinski definition) is 3. The Bertz CT molecular complexity index is 1270. The standard InChI is InChI=1S/C32H36BrN3O4/c1-2-20-32(31(38)36-34-21-7-6-11-24-9-4-3-5-10-24)29(25-12-16-27(33)17-13-25)40-30(35-32)26-14-18-28(19-15-26)39-23-8-22-37/h2-5,9-10,12-19,29,34,37H,1,6-8,11,20-23H2,(H,36,38)/t29-,32-/m0/s1. The highest BCUT2D eigenvalue weighted by molar-refractivity contribution is 9.10. The molecular formula is C32H36BrN3O4. The highest BCUT2D eigenvalue weighted by atomic mass is 79.9. The van der Waals surface area contributed by atoms with E-state index in [1.165, 1.54) is 5.56 Å². The van der Waals surface area contributed by atoms with Crippen LogP contribution in [0.15, 0.2) is 101 Å². The average molecular weight is 607 g/mol. The van der Waals surface area contributed by atoms with Gasteiger partial charge in [0.25, 0.3) is 5.91 Å². The van der Waals surface area contributed by atoms with E-state index >= 15 is 0 Å². The van der Waals surface area contributed by atoms with Gasteiger partial charge in [0.05, 0.1) is 6.61 Å². The first-order valence-corrected chi connectivity index (χ1v) is 14.4. The van der Waals surface area contributed by atoms with E-state index in [1.807, 2.05) is 54.6 Å². The van der Waals surface area contributed by atoms with Crippen molar-refractivity contribution < 1.29 is 19.4 Å². The van der Waals surface area contributed by atoms with Crippen molar-refractivity contribution in [3.63, 3.8) is 0 Å². The molecule has 3 aromatic carbocycles. The zero-order chi connectivity index (χ0) is 28.2. The molecule has 0 radical (unpaired) electrons. The molecule has 8 heteroatoms. The van der Waals surface area contributed by atoms with Gasteiger partial charge in [-0.05, 0) is 66.8 Å². The number of hydrazine groups is 1. The van der Waals surface area contributed by atoms with Crippen LogP contribution in [0.2, 0.25) is 0 Å². The highest BCUT2D eigenvalue weighted by Crippen LogP contribution is 2.43. The van der Waals surface area contributed by atoms with Crippen molar-refractivity contribution in [3.05, 3.63) is 113 Å². The Hall–Kier alpha value is -3.46. The van der Waals surface area contributed by atoms with Crippen LogP contribution in [0.4, 0.5) is 0 Å². The molecular weight excluding hydrogens is 570 g/mol. The van der Waals surface area contributed by atoms with Gasteiger partial charge in [-0.2, -0.15) is 0 Å². The average Bonchev–Trinajstić information content (AvgIpc) is 3.37. The zero-order valence-corrected chi connectivity index (χ0v) is 24.1. The number of halogens is 1. The molecule has 0 bridgehead atoms. The molecule has 1 aliphatic heterocycles. The lowest BCUT2D eigenvalue weighted by Gasteiger charge is -2.29. The Morgan fingerprint density at radius 1 is 1.05 bits per heavy atom. The minimum Gasteiger partial charge on any atom is -0.494 e. The number of aliphatic hydroxyl groups is 1. The molecule has 1 amide bonds. The van der Waals surface area contributed by atoms with Gasteiger partial charge in [-0.15, -0.1) is 6.58 Å². The third kappa shape index (κ3) is 7.59. The number of carbonyl (C=O) groups excluding carboxylic acids is 1. The van der Waals surface area contributed by atoms with E-state index in [9.17, 15) is 4.79 Å². The molecule has 0 aliphatic carbocycles. The summed E-state index contributed by atoms with van der Waals surface area (Å²) in [7, 11) is 0. The Morgan fingerprint density at radius 2 is 1.80 bits per heavy atom. The van der Waals surface area contributed by atoms with Gasteiger partial charge in [-0.3, -0.25) is 10.2 Å². The SMILES string of the molecule is C=CC[C@]1(C(=O)NNCCCCc2ccccc2)N=C(c2ccc(OCCCO)cc2)O[C@H]1c1ccc(Br)cc1. The van der Waals surface area contributed by atoms with Gasteiger partial charge < -0.3 is 14.6 Å². The predicted octanol–water partition coefficient (Wildman–Crippen LogP) is 5.69. The maximum Gasteiger partial charge on any atom is 0.266 e. The second kappa shape index (κ2) is 14.8. The van der Waals surface area contributed by atoms with Crippen LogP contribution in [0.5, 0.6) is 5.75 Å². The van der Waals surface area contributed by atoms with Crippen molar-refractivity contribution in [1.82, 2.24) is 10.9 Å². The summed E-state index contributed by atoms with van der Waals surface area (Å²) >= 11 is 3.49. The van der Waals surface area contributed by atoms with E-state index in [1.54, 1.807) is 6.08 Å². The number of benzene rings is 3. The van der Waals surface area contributed by atoms with Gasteiger partial charge >= 0.3 is 0 Å². The van der Waals surface area contributed by atoms with Crippen molar-refractivity contribution in [2.75, 3.05) is 19.8 Å². The zero-order valence-electron chi connectivity index (χ0n) is 22.5. The molecule has 3 aromatic rings. The summed E-state index contributed by atoms with van der Waals surface area (Å²) in [6.07, 6.45) is 4.84.